The molecular formula is C22H24N4O4. The van der Waals surface area contributed by atoms with Gasteiger partial charge in [-0.3, -0.25) is 9.59 Å². The number of allylic oxidation sites excluding steroid dienone is 1. The molecule has 1 atom stereocenters. The number of carbonyl (C=O) groups excluding carboxylic acids is 2. The van der Waals surface area contributed by atoms with Crippen LogP contribution in [-0.4, -0.2) is 50.6 Å². The maximum Gasteiger partial charge on any atom is 0.311 e. The lowest BCUT2D eigenvalue weighted by Gasteiger charge is -2.23. The van der Waals surface area contributed by atoms with Crippen LogP contribution in [0, 0.1) is 17.2 Å². The van der Waals surface area contributed by atoms with E-state index in [1.807, 2.05) is 30.3 Å². The highest BCUT2D eigenvalue weighted by Gasteiger charge is 2.39. The van der Waals surface area contributed by atoms with E-state index in [-0.39, 0.29) is 29.7 Å². The van der Waals surface area contributed by atoms with E-state index in [1.54, 1.807) is 16.5 Å². The van der Waals surface area contributed by atoms with Crippen LogP contribution in [0.2, 0.25) is 0 Å². The number of esters is 1. The van der Waals surface area contributed by atoms with E-state index in [2.05, 4.69) is 4.98 Å². The summed E-state index contributed by atoms with van der Waals surface area (Å²) in [7, 11) is 1.75. The number of aromatic nitrogens is 2. The molecule has 2 heterocycles. The van der Waals surface area contributed by atoms with Crippen molar-refractivity contribution in [2.24, 2.45) is 13.0 Å². The fraction of sp³-hybridized carbons (Fsp3) is 0.455. The quantitative estimate of drug-likeness (QED) is 0.463. The maximum atomic E-state index is 12.5. The van der Waals surface area contributed by atoms with Crippen molar-refractivity contribution in [2.45, 2.75) is 38.1 Å². The second kappa shape index (κ2) is 8.19. The lowest BCUT2D eigenvalue weighted by atomic mass is 10.1. The predicted molar refractivity (Wildman–Crippen MR) is 109 cm³/mol. The van der Waals surface area contributed by atoms with Crippen LogP contribution in [-0.2, 0) is 21.4 Å². The van der Waals surface area contributed by atoms with Crippen molar-refractivity contribution in [1.29, 1.82) is 5.26 Å². The number of fused-ring (bicyclic) bond motifs is 1. The Morgan fingerprint density at radius 1 is 1.33 bits per heavy atom. The summed E-state index contributed by atoms with van der Waals surface area (Å²) >= 11 is 0. The highest BCUT2D eigenvalue weighted by molar-refractivity contribution is 5.87. The molecule has 8 nitrogen and oxygen atoms in total. The van der Waals surface area contributed by atoms with Gasteiger partial charge >= 0.3 is 5.97 Å². The number of amides is 1. The van der Waals surface area contributed by atoms with Gasteiger partial charge in [0.05, 0.1) is 17.0 Å². The standard InChI is InChI=1S/C22H24N4O4/c1-25-18-9-5-4-8-17(18)24-21(25)16(11-23)19(27)13-30-22(29)14-10-20(28)26(12-14)15-6-2-3-7-15/h4-5,8-9,14-15,27H,2-3,6-7,10,12-13H2,1H3/b19-16-/t14-/m0/s1. The molecule has 0 radical (unpaired) electrons. The molecule has 1 aliphatic heterocycles. The first kappa shape index (κ1) is 20.0. The van der Waals surface area contributed by atoms with Crippen molar-refractivity contribution in [3.8, 4) is 6.07 Å². The largest absolute Gasteiger partial charge is 0.507 e. The lowest BCUT2D eigenvalue weighted by Crippen LogP contribution is -2.35. The normalized spacial score (nSPS) is 20.5. The van der Waals surface area contributed by atoms with Gasteiger partial charge in [0.1, 0.15) is 18.2 Å². The van der Waals surface area contributed by atoms with Crippen molar-refractivity contribution in [3.05, 3.63) is 35.8 Å². The number of benzene rings is 1. The van der Waals surface area contributed by atoms with Crippen LogP contribution < -0.4 is 0 Å². The molecule has 2 aliphatic rings. The Labute approximate surface area is 174 Å². The third-order valence-electron chi connectivity index (χ3n) is 6.02. The Kier molecular flexibility index (Phi) is 5.44. The number of aryl methyl sites for hydroxylation is 1. The molecule has 4 rings (SSSR count). The zero-order valence-electron chi connectivity index (χ0n) is 16.9. The Morgan fingerprint density at radius 2 is 2.07 bits per heavy atom. The highest BCUT2D eigenvalue weighted by Crippen LogP contribution is 2.30. The minimum atomic E-state index is -0.535. The van der Waals surface area contributed by atoms with Gasteiger partial charge in [-0.15, -0.1) is 0 Å². The van der Waals surface area contributed by atoms with Gasteiger partial charge in [0, 0.05) is 26.1 Å². The number of para-hydroxylation sites is 2. The number of hydrogen-bond donors (Lipinski definition) is 1. The third kappa shape index (κ3) is 3.63. The summed E-state index contributed by atoms with van der Waals surface area (Å²) in [5.41, 5.74) is 1.47. The molecule has 156 valence electrons. The molecule has 0 spiro atoms. The molecule has 1 aromatic carbocycles. The fourth-order valence-electron chi connectivity index (χ4n) is 4.40. The summed E-state index contributed by atoms with van der Waals surface area (Å²) in [4.78, 5) is 31.0. The molecule has 1 saturated carbocycles. The van der Waals surface area contributed by atoms with Crippen LogP contribution in [0.25, 0.3) is 16.6 Å². The van der Waals surface area contributed by atoms with E-state index < -0.39 is 18.5 Å². The van der Waals surface area contributed by atoms with Gasteiger partial charge in [0.25, 0.3) is 0 Å². The van der Waals surface area contributed by atoms with E-state index in [0.717, 1.165) is 31.2 Å². The van der Waals surface area contributed by atoms with E-state index in [9.17, 15) is 20.0 Å². The molecule has 1 saturated heterocycles. The van der Waals surface area contributed by atoms with Crippen molar-refractivity contribution in [3.63, 3.8) is 0 Å². The first-order valence-electron chi connectivity index (χ1n) is 10.2. The van der Waals surface area contributed by atoms with Crippen molar-refractivity contribution < 1.29 is 19.4 Å². The number of likely N-dealkylation sites (tertiary alicyclic amines) is 1. The van der Waals surface area contributed by atoms with Gasteiger partial charge in [0.2, 0.25) is 5.91 Å². The first-order valence-corrected chi connectivity index (χ1v) is 10.2. The first-order chi connectivity index (χ1) is 14.5. The summed E-state index contributed by atoms with van der Waals surface area (Å²) in [6, 6.07) is 9.57. The maximum absolute atomic E-state index is 12.5. The number of aliphatic hydroxyl groups is 1. The summed E-state index contributed by atoms with van der Waals surface area (Å²) in [5, 5.41) is 20.0. The number of hydrogen-bond acceptors (Lipinski definition) is 6. The van der Waals surface area contributed by atoms with E-state index in [0.29, 0.717) is 17.9 Å². The number of aliphatic hydroxyl groups excluding tert-OH is 1. The molecule has 1 N–H and O–H groups in total. The Balaban J connectivity index is 1.44. The average Bonchev–Trinajstić information content (AvgIpc) is 3.47. The summed E-state index contributed by atoms with van der Waals surface area (Å²) in [5.74, 6) is -1.14. The van der Waals surface area contributed by atoms with E-state index in [4.69, 9.17) is 4.74 Å². The van der Waals surface area contributed by atoms with Crippen molar-refractivity contribution in [1.82, 2.24) is 14.5 Å². The molecule has 1 aromatic heterocycles. The number of carbonyl (C=O) groups is 2. The minimum Gasteiger partial charge on any atom is -0.507 e. The van der Waals surface area contributed by atoms with Crippen LogP contribution in [0.5, 0.6) is 0 Å². The number of nitrogens with zero attached hydrogens (tertiary/aromatic N) is 4. The zero-order valence-corrected chi connectivity index (χ0v) is 16.9. The van der Waals surface area contributed by atoms with Crippen LogP contribution in [0.3, 0.4) is 0 Å². The van der Waals surface area contributed by atoms with Crippen molar-refractivity contribution >= 4 is 28.5 Å². The molecule has 0 bridgehead atoms. The predicted octanol–water partition coefficient (Wildman–Crippen LogP) is 2.70. The molecule has 2 fully saturated rings. The number of imidazole rings is 1. The zero-order chi connectivity index (χ0) is 21.3. The summed E-state index contributed by atoms with van der Waals surface area (Å²) < 4.78 is 6.96. The topological polar surface area (TPSA) is 108 Å². The van der Waals surface area contributed by atoms with Crippen LogP contribution in [0.1, 0.15) is 37.9 Å². The molecule has 1 aliphatic carbocycles. The van der Waals surface area contributed by atoms with E-state index >= 15 is 0 Å². The SMILES string of the molecule is Cn1c(/C(C#N)=C(\O)COC(=O)[C@H]2CC(=O)N(C3CCCC3)C2)nc2ccccc21. The van der Waals surface area contributed by atoms with Gasteiger partial charge in [-0.25, -0.2) is 4.98 Å². The van der Waals surface area contributed by atoms with Crippen LogP contribution in [0.4, 0.5) is 0 Å². The molecular weight excluding hydrogens is 384 g/mol. The monoisotopic (exact) mass is 408 g/mol. The molecule has 8 heteroatoms. The van der Waals surface area contributed by atoms with Gasteiger partial charge in [-0.1, -0.05) is 25.0 Å². The van der Waals surface area contributed by atoms with Crippen LogP contribution >= 0.6 is 0 Å². The fourth-order valence-corrected chi connectivity index (χ4v) is 4.40. The lowest BCUT2D eigenvalue weighted by molar-refractivity contribution is -0.148. The van der Waals surface area contributed by atoms with Gasteiger partial charge < -0.3 is 19.3 Å². The molecule has 0 unspecified atom stereocenters. The summed E-state index contributed by atoms with van der Waals surface area (Å²) in [6.45, 7) is -0.0677. The van der Waals surface area contributed by atoms with Gasteiger partial charge in [-0.2, -0.15) is 5.26 Å². The smallest absolute Gasteiger partial charge is 0.311 e. The molecule has 30 heavy (non-hydrogen) atoms. The number of rotatable bonds is 5. The third-order valence-corrected chi connectivity index (χ3v) is 6.02. The van der Waals surface area contributed by atoms with Gasteiger partial charge in [0.15, 0.2) is 11.6 Å². The Morgan fingerprint density at radius 3 is 2.77 bits per heavy atom. The molecule has 2 aromatic rings. The average molecular weight is 408 g/mol. The Bertz CT molecular complexity index is 1060. The van der Waals surface area contributed by atoms with Gasteiger partial charge in [-0.05, 0) is 25.0 Å². The second-order valence-corrected chi connectivity index (χ2v) is 7.91. The second-order valence-electron chi connectivity index (χ2n) is 7.91. The Hall–Kier alpha value is -3.34. The molecule has 1 amide bonds. The number of ether oxygens (including phenoxy) is 1. The van der Waals surface area contributed by atoms with Crippen LogP contribution in [0.15, 0.2) is 30.0 Å². The summed E-state index contributed by atoms with van der Waals surface area (Å²) in [6.07, 6.45) is 4.33. The van der Waals surface area contributed by atoms with E-state index in [1.165, 1.54) is 0 Å². The minimum absolute atomic E-state index is 0.0129. The van der Waals surface area contributed by atoms with Crippen molar-refractivity contribution in [2.75, 3.05) is 13.2 Å². The number of nitriles is 1. The highest BCUT2D eigenvalue weighted by atomic mass is 16.5.